The molecule has 1 aromatic heterocycles. The van der Waals surface area contributed by atoms with Crippen LogP contribution in [0, 0.1) is 12.8 Å². The molecule has 7 nitrogen and oxygen atoms in total. The molecule has 19 heavy (non-hydrogen) atoms. The van der Waals surface area contributed by atoms with E-state index in [0.29, 0.717) is 5.69 Å². The number of H-pyrrole nitrogens is 1. The number of carbonyl (C=O) groups excluding carboxylic acids is 1. The highest BCUT2D eigenvalue weighted by Gasteiger charge is 2.35. The number of hydrogen-bond acceptors (Lipinski definition) is 4. The number of amidine groups is 1. The normalized spacial score (nSPS) is 17.0. The molecule has 0 bridgehead atoms. The number of carbonyl (C=O) groups is 1. The summed E-state index contributed by atoms with van der Waals surface area (Å²) in [7, 11) is 0. The van der Waals surface area contributed by atoms with E-state index in [0.717, 1.165) is 12.8 Å². The van der Waals surface area contributed by atoms with E-state index < -0.39 is 11.9 Å². The van der Waals surface area contributed by atoms with Gasteiger partial charge in [-0.25, -0.2) is 0 Å². The summed E-state index contributed by atoms with van der Waals surface area (Å²) in [4.78, 5) is 26.5. The van der Waals surface area contributed by atoms with Gasteiger partial charge in [-0.3, -0.25) is 9.59 Å². The molecule has 1 saturated carbocycles. The number of nitrogens with one attached hydrogen (secondary N) is 2. The van der Waals surface area contributed by atoms with Crippen LogP contribution in [0.4, 0.5) is 0 Å². The van der Waals surface area contributed by atoms with E-state index in [1.165, 1.54) is 12.3 Å². The second-order valence-corrected chi connectivity index (χ2v) is 4.71. The van der Waals surface area contributed by atoms with Gasteiger partial charge in [-0.2, -0.15) is 0 Å². The van der Waals surface area contributed by atoms with Gasteiger partial charge >= 0.3 is 0 Å². The Hall–Kier alpha value is -2.31. The number of aryl methyl sites for hydroxylation is 1. The van der Waals surface area contributed by atoms with E-state index in [4.69, 9.17) is 10.9 Å². The Morgan fingerprint density at radius 2 is 2.32 bits per heavy atom. The van der Waals surface area contributed by atoms with Crippen LogP contribution >= 0.6 is 0 Å². The first-order valence-corrected chi connectivity index (χ1v) is 6.00. The lowest BCUT2D eigenvalue weighted by molar-refractivity contribution is 0.0941. The highest BCUT2D eigenvalue weighted by molar-refractivity contribution is 5.98. The monoisotopic (exact) mass is 264 g/mol. The number of nitrogens with zero attached hydrogens (tertiary/aromatic N) is 1. The molecule has 0 aromatic carbocycles. The smallest absolute Gasteiger partial charge is 0.257 e. The van der Waals surface area contributed by atoms with Gasteiger partial charge < -0.3 is 21.2 Å². The zero-order valence-electron chi connectivity index (χ0n) is 10.5. The van der Waals surface area contributed by atoms with Crippen molar-refractivity contribution in [3.8, 4) is 0 Å². The molecular weight excluding hydrogens is 248 g/mol. The summed E-state index contributed by atoms with van der Waals surface area (Å²) in [6, 6.07) is 0.822. The molecule has 1 aliphatic rings. The van der Waals surface area contributed by atoms with Gasteiger partial charge in [-0.05, 0) is 25.7 Å². The predicted octanol–water partition coefficient (Wildman–Crippen LogP) is -0.0619. The third-order valence-electron chi connectivity index (χ3n) is 3.12. The van der Waals surface area contributed by atoms with Gasteiger partial charge in [0.2, 0.25) is 0 Å². The SMILES string of the molecule is Cc1cc(=O)c(C(=O)NC(C(N)=NO)C2CC2)c[nH]1. The molecule has 0 saturated heterocycles. The quantitative estimate of drug-likeness (QED) is 0.263. The Balaban J connectivity index is 2.17. The van der Waals surface area contributed by atoms with Crippen LogP contribution in [-0.2, 0) is 0 Å². The summed E-state index contributed by atoms with van der Waals surface area (Å²) in [6.45, 7) is 1.73. The van der Waals surface area contributed by atoms with Crippen molar-refractivity contribution < 1.29 is 10.0 Å². The molecule has 1 fully saturated rings. The van der Waals surface area contributed by atoms with Crippen molar-refractivity contribution in [3.63, 3.8) is 0 Å². The summed E-state index contributed by atoms with van der Waals surface area (Å²) in [5.74, 6) is -0.395. The maximum absolute atomic E-state index is 12.0. The van der Waals surface area contributed by atoms with Gasteiger partial charge in [-0.15, -0.1) is 0 Å². The molecule has 7 heteroatoms. The molecule has 1 aromatic rings. The minimum Gasteiger partial charge on any atom is -0.409 e. The fourth-order valence-corrected chi connectivity index (χ4v) is 1.89. The summed E-state index contributed by atoms with van der Waals surface area (Å²) >= 11 is 0. The van der Waals surface area contributed by atoms with Crippen molar-refractivity contribution in [3.05, 3.63) is 33.7 Å². The number of oxime groups is 1. The highest BCUT2D eigenvalue weighted by atomic mass is 16.4. The van der Waals surface area contributed by atoms with E-state index in [9.17, 15) is 9.59 Å². The summed E-state index contributed by atoms with van der Waals surface area (Å²) in [6.07, 6.45) is 3.18. The van der Waals surface area contributed by atoms with Crippen LogP contribution < -0.4 is 16.5 Å². The first-order valence-electron chi connectivity index (χ1n) is 6.00. The fraction of sp³-hybridized carbons (Fsp3) is 0.417. The van der Waals surface area contributed by atoms with Gasteiger partial charge in [0.05, 0.1) is 6.04 Å². The third kappa shape index (κ3) is 2.93. The first-order chi connectivity index (χ1) is 9.02. The Morgan fingerprint density at radius 1 is 1.63 bits per heavy atom. The molecular formula is C12H16N4O3. The minimum absolute atomic E-state index is 0.0157. The van der Waals surface area contributed by atoms with Crippen molar-refractivity contribution in [2.24, 2.45) is 16.8 Å². The van der Waals surface area contributed by atoms with Crippen LogP contribution in [0.25, 0.3) is 0 Å². The number of aromatic amines is 1. The Morgan fingerprint density at radius 3 is 2.84 bits per heavy atom. The number of aromatic nitrogens is 1. The van der Waals surface area contributed by atoms with E-state index >= 15 is 0 Å². The van der Waals surface area contributed by atoms with E-state index in [1.54, 1.807) is 6.92 Å². The lowest BCUT2D eigenvalue weighted by atomic mass is 10.1. The molecule has 1 aliphatic carbocycles. The largest absolute Gasteiger partial charge is 0.409 e. The van der Waals surface area contributed by atoms with Crippen molar-refractivity contribution >= 4 is 11.7 Å². The lowest BCUT2D eigenvalue weighted by Crippen LogP contribution is -2.47. The van der Waals surface area contributed by atoms with Gasteiger partial charge in [-0.1, -0.05) is 5.16 Å². The number of hydrogen-bond donors (Lipinski definition) is 4. The molecule has 0 spiro atoms. The number of nitrogens with two attached hydrogens (primary N) is 1. The molecule has 5 N–H and O–H groups in total. The maximum Gasteiger partial charge on any atom is 0.257 e. The molecule has 1 amide bonds. The molecule has 1 unspecified atom stereocenters. The maximum atomic E-state index is 12.0. The van der Waals surface area contributed by atoms with Gasteiger partial charge in [0.25, 0.3) is 5.91 Å². The lowest BCUT2D eigenvalue weighted by Gasteiger charge is -2.16. The zero-order chi connectivity index (χ0) is 14.0. The van der Waals surface area contributed by atoms with Crippen LogP contribution in [0.2, 0.25) is 0 Å². The Bertz CT molecular complexity index is 575. The van der Waals surface area contributed by atoms with Crippen LogP contribution in [0.3, 0.4) is 0 Å². The van der Waals surface area contributed by atoms with E-state index in [-0.39, 0.29) is 22.7 Å². The molecule has 102 valence electrons. The molecule has 0 radical (unpaired) electrons. The van der Waals surface area contributed by atoms with Crippen LogP contribution in [-0.4, -0.2) is 28.0 Å². The summed E-state index contributed by atoms with van der Waals surface area (Å²) in [5, 5.41) is 14.3. The average Bonchev–Trinajstić information content (AvgIpc) is 3.19. The molecule has 2 rings (SSSR count). The van der Waals surface area contributed by atoms with E-state index in [2.05, 4.69) is 15.5 Å². The third-order valence-corrected chi connectivity index (χ3v) is 3.12. The first kappa shape index (κ1) is 13.1. The Kier molecular flexibility index (Phi) is 3.55. The van der Waals surface area contributed by atoms with Crippen molar-refractivity contribution in [1.82, 2.24) is 10.3 Å². The second kappa shape index (κ2) is 5.13. The minimum atomic E-state index is -0.529. The average molecular weight is 264 g/mol. The van der Waals surface area contributed by atoms with Crippen molar-refractivity contribution in [2.75, 3.05) is 0 Å². The topological polar surface area (TPSA) is 121 Å². The number of pyridine rings is 1. The second-order valence-electron chi connectivity index (χ2n) is 4.71. The summed E-state index contributed by atoms with van der Waals surface area (Å²) < 4.78 is 0. The number of rotatable bonds is 4. The van der Waals surface area contributed by atoms with E-state index in [1.807, 2.05) is 0 Å². The predicted molar refractivity (Wildman–Crippen MR) is 69.2 cm³/mol. The summed E-state index contributed by atoms with van der Waals surface area (Å²) in [5.41, 5.74) is 5.88. The molecule has 1 heterocycles. The molecule has 0 aliphatic heterocycles. The van der Waals surface area contributed by atoms with Gasteiger partial charge in [0, 0.05) is 18.0 Å². The Labute approximate surface area is 109 Å². The standard InChI is InChI=1S/C12H16N4O3/c1-6-4-9(17)8(5-14-6)12(18)15-10(7-2-3-7)11(13)16-19/h4-5,7,10,19H,2-3H2,1H3,(H2,13,16)(H,14,17)(H,15,18). The van der Waals surface area contributed by atoms with Crippen molar-refractivity contribution in [1.29, 1.82) is 0 Å². The van der Waals surface area contributed by atoms with Crippen LogP contribution in [0.15, 0.2) is 22.2 Å². The van der Waals surface area contributed by atoms with Gasteiger partial charge in [0.1, 0.15) is 5.56 Å². The van der Waals surface area contributed by atoms with Crippen LogP contribution in [0.1, 0.15) is 28.9 Å². The van der Waals surface area contributed by atoms with Gasteiger partial charge in [0.15, 0.2) is 11.3 Å². The van der Waals surface area contributed by atoms with Crippen LogP contribution in [0.5, 0.6) is 0 Å². The zero-order valence-corrected chi connectivity index (χ0v) is 10.5. The fourth-order valence-electron chi connectivity index (χ4n) is 1.89. The van der Waals surface area contributed by atoms with Crippen molar-refractivity contribution in [2.45, 2.75) is 25.8 Å². The number of amides is 1. The highest BCUT2D eigenvalue weighted by Crippen LogP contribution is 2.32. The molecule has 1 atom stereocenters.